The van der Waals surface area contributed by atoms with Gasteiger partial charge in [-0.1, -0.05) is 53.9 Å². The summed E-state index contributed by atoms with van der Waals surface area (Å²) < 4.78 is 0. The minimum atomic E-state index is 0.364. The average Bonchev–Trinajstić information content (AvgIpc) is 2.15. The van der Waals surface area contributed by atoms with Crippen LogP contribution in [-0.2, 0) is 0 Å². The lowest BCUT2D eigenvalue weighted by Gasteiger charge is -2.23. The highest BCUT2D eigenvalue weighted by Gasteiger charge is 2.15. The molecule has 0 radical (unpaired) electrons. The highest BCUT2D eigenvalue weighted by atomic mass is 32.2. The molecule has 2 unspecified atom stereocenters. The highest BCUT2D eigenvalue weighted by Crippen LogP contribution is 2.27. The van der Waals surface area contributed by atoms with Crippen molar-refractivity contribution in [2.75, 3.05) is 5.75 Å². The van der Waals surface area contributed by atoms with Gasteiger partial charge in [-0.05, 0) is 36.3 Å². The molecule has 0 aromatic heterocycles. The Morgan fingerprint density at radius 3 is 2.29 bits per heavy atom. The number of hydrogen-bond donors (Lipinski definition) is 1. The first kappa shape index (κ1) is 17.3. The predicted octanol–water partition coefficient (Wildman–Crippen LogP) is 5.05. The van der Waals surface area contributed by atoms with E-state index in [1.54, 1.807) is 0 Å². The summed E-state index contributed by atoms with van der Waals surface area (Å²) in [5, 5.41) is 0.364. The Morgan fingerprint density at radius 2 is 1.76 bits per heavy atom. The lowest BCUT2D eigenvalue weighted by molar-refractivity contribution is 0.303. The molecule has 0 aromatic rings. The number of nitrogens with two attached hydrogens (primary N) is 1. The van der Waals surface area contributed by atoms with Crippen molar-refractivity contribution in [3.8, 4) is 0 Å². The van der Waals surface area contributed by atoms with E-state index in [0.717, 1.165) is 5.92 Å². The smallest absolute Gasteiger partial charge is 0.0507 e. The second-order valence-electron chi connectivity index (χ2n) is 6.56. The second-order valence-corrected chi connectivity index (χ2v) is 7.91. The summed E-state index contributed by atoms with van der Waals surface area (Å²) in [5.41, 5.74) is 6.56. The van der Waals surface area contributed by atoms with Crippen LogP contribution in [0.4, 0.5) is 0 Å². The molecule has 0 aliphatic heterocycles. The zero-order valence-corrected chi connectivity index (χ0v) is 13.4. The van der Waals surface area contributed by atoms with Crippen LogP contribution >= 0.6 is 11.8 Å². The molecule has 0 spiro atoms. The van der Waals surface area contributed by atoms with Crippen LogP contribution in [0, 0.1) is 11.3 Å². The molecule has 17 heavy (non-hydrogen) atoms. The Kier molecular flexibility index (Phi) is 9.44. The summed E-state index contributed by atoms with van der Waals surface area (Å²) in [6, 6.07) is 0. The maximum Gasteiger partial charge on any atom is 0.0507 e. The third kappa shape index (κ3) is 12.6. The van der Waals surface area contributed by atoms with E-state index in [2.05, 4.69) is 34.6 Å². The van der Waals surface area contributed by atoms with Crippen LogP contribution in [0.15, 0.2) is 0 Å². The Labute approximate surface area is 113 Å². The van der Waals surface area contributed by atoms with Crippen molar-refractivity contribution in [2.24, 2.45) is 17.1 Å². The van der Waals surface area contributed by atoms with Crippen LogP contribution in [0.3, 0.4) is 0 Å². The van der Waals surface area contributed by atoms with Crippen LogP contribution in [0.2, 0.25) is 0 Å². The van der Waals surface area contributed by atoms with E-state index in [4.69, 9.17) is 5.73 Å². The Balaban J connectivity index is 3.49. The fourth-order valence-corrected chi connectivity index (χ4v) is 3.42. The zero-order valence-electron chi connectivity index (χ0n) is 12.6. The zero-order chi connectivity index (χ0) is 13.3. The standard InChI is InChI=1S/C15H33NS/c1-6-7-8-9-14(16)17-11-10-13(2)12-15(3,4)5/h13-14H,6-12,16H2,1-5H3. The third-order valence-corrected chi connectivity index (χ3v) is 4.13. The quantitative estimate of drug-likeness (QED) is 0.463. The highest BCUT2D eigenvalue weighted by molar-refractivity contribution is 7.99. The minimum Gasteiger partial charge on any atom is -0.319 e. The van der Waals surface area contributed by atoms with E-state index in [9.17, 15) is 0 Å². The minimum absolute atomic E-state index is 0.364. The molecule has 104 valence electrons. The monoisotopic (exact) mass is 259 g/mol. The molecular formula is C15H33NS. The molecule has 0 amide bonds. The van der Waals surface area contributed by atoms with E-state index in [0.29, 0.717) is 10.8 Å². The molecule has 0 saturated carbocycles. The van der Waals surface area contributed by atoms with Gasteiger partial charge < -0.3 is 5.73 Å². The molecule has 0 aromatic carbocycles. The first-order chi connectivity index (χ1) is 7.85. The van der Waals surface area contributed by atoms with E-state index in [1.807, 2.05) is 11.8 Å². The van der Waals surface area contributed by atoms with Gasteiger partial charge in [0, 0.05) is 0 Å². The first-order valence-corrected chi connectivity index (χ1v) is 8.27. The van der Waals surface area contributed by atoms with Crippen LogP contribution in [0.5, 0.6) is 0 Å². The SMILES string of the molecule is CCCCCC(N)SCCC(C)CC(C)(C)C. The van der Waals surface area contributed by atoms with Gasteiger partial charge in [0.25, 0.3) is 0 Å². The van der Waals surface area contributed by atoms with Crippen LogP contribution in [0.1, 0.15) is 73.1 Å². The van der Waals surface area contributed by atoms with Gasteiger partial charge in [0.15, 0.2) is 0 Å². The van der Waals surface area contributed by atoms with E-state index in [-0.39, 0.29) is 0 Å². The number of rotatable bonds is 9. The largest absolute Gasteiger partial charge is 0.319 e. The maximum absolute atomic E-state index is 6.09. The third-order valence-electron chi connectivity index (χ3n) is 3.00. The summed E-state index contributed by atoms with van der Waals surface area (Å²) in [5.74, 6) is 2.05. The van der Waals surface area contributed by atoms with E-state index < -0.39 is 0 Å². The molecule has 0 bridgehead atoms. The molecule has 0 aliphatic rings. The molecule has 0 fully saturated rings. The van der Waals surface area contributed by atoms with Crippen LogP contribution in [-0.4, -0.2) is 11.1 Å². The van der Waals surface area contributed by atoms with Crippen molar-refractivity contribution >= 4 is 11.8 Å². The fraction of sp³-hybridized carbons (Fsp3) is 1.00. The van der Waals surface area contributed by atoms with Crippen molar-refractivity contribution in [3.05, 3.63) is 0 Å². The second kappa shape index (κ2) is 9.27. The number of unbranched alkanes of at least 4 members (excludes halogenated alkanes) is 2. The number of thioether (sulfide) groups is 1. The fourth-order valence-electron chi connectivity index (χ4n) is 2.25. The van der Waals surface area contributed by atoms with Crippen molar-refractivity contribution < 1.29 is 0 Å². The van der Waals surface area contributed by atoms with Crippen LogP contribution < -0.4 is 5.73 Å². The summed E-state index contributed by atoms with van der Waals surface area (Å²) >= 11 is 1.96. The van der Waals surface area contributed by atoms with Gasteiger partial charge in [-0.25, -0.2) is 0 Å². The van der Waals surface area contributed by atoms with E-state index in [1.165, 1.54) is 44.3 Å². The molecule has 0 heterocycles. The Morgan fingerprint density at radius 1 is 1.12 bits per heavy atom. The summed E-state index contributed by atoms with van der Waals surface area (Å²) in [6.45, 7) is 11.6. The first-order valence-electron chi connectivity index (χ1n) is 7.22. The predicted molar refractivity (Wildman–Crippen MR) is 82.4 cm³/mol. The molecule has 1 nitrogen and oxygen atoms in total. The summed E-state index contributed by atoms with van der Waals surface area (Å²) in [7, 11) is 0. The van der Waals surface area contributed by atoms with Crippen molar-refractivity contribution in [1.82, 2.24) is 0 Å². The Hall–Kier alpha value is 0.310. The van der Waals surface area contributed by atoms with Gasteiger partial charge in [0.2, 0.25) is 0 Å². The number of hydrogen-bond acceptors (Lipinski definition) is 2. The summed E-state index contributed by atoms with van der Waals surface area (Å²) in [4.78, 5) is 0. The topological polar surface area (TPSA) is 26.0 Å². The molecule has 0 saturated heterocycles. The van der Waals surface area contributed by atoms with Crippen molar-refractivity contribution in [2.45, 2.75) is 78.5 Å². The van der Waals surface area contributed by atoms with Gasteiger partial charge in [-0.2, -0.15) is 0 Å². The molecular weight excluding hydrogens is 226 g/mol. The maximum atomic E-state index is 6.09. The van der Waals surface area contributed by atoms with Crippen molar-refractivity contribution in [1.29, 1.82) is 0 Å². The molecule has 2 atom stereocenters. The van der Waals surface area contributed by atoms with Gasteiger partial charge in [-0.3, -0.25) is 0 Å². The van der Waals surface area contributed by atoms with Gasteiger partial charge in [0.1, 0.15) is 0 Å². The molecule has 0 rings (SSSR count). The van der Waals surface area contributed by atoms with Gasteiger partial charge >= 0.3 is 0 Å². The summed E-state index contributed by atoms with van der Waals surface area (Å²) in [6.07, 6.45) is 7.73. The molecule has 2 heteroatoms. The van der Waals surface area contributed by atoms with E-state index >= 15 is 0 Å². The van der Waals surface area contributed by atoms with Crippen LogP contribution in [0.25, 0.3) is 0 Å². The normalized spacial score (nSPS) is 15.9. The van der Waals surface area contributed by atoms with Gasteiger partial charge in [-0.15, -0.1) is 11.8 Å². The average molecular weight is 260 g/mol. The Bertz CT molecular complexity index is 174. The lowest BCUT2D eigenvalue weighted by atomic mass is 9.84. The van der Waals surface area contributed by atoms with Gasteiger partial charge in [0.05, 0.1) is 5.37 Å². The lowest BCUT2D eigenvalue weighted by Crippen LogP contribution is -2.17. The van der Waals surface area contributed by atoms with Crippen molar-refractivity contribution in [3.63, 3.8) is 0 Å². The molecule has 2 N–H and O–H groups in total. The molecule has 0 aliphatic carbocycles.